The molecule has 0 bridgehead atoms. The van der Waals surface area contributed by atoms with Crippen LogP contribution in [0.1, 0.15) is 50.4 Å². The summed E-state index contributed by atoms with van der Waals surface area (Å²) in [4.78, 5) is 15.3. The molecule has 1 fully saturated rings. The second-order valence-electron chi connectivity index (χ2n) is 3.82. The number of hydrogen-bond acceptors (Lipinski definition) is 5. The number of nitrogens with zero attached hydrogens (tertiary/aromatic N) is 2. The second-order valence-corrected chi connectivity index (χ2v) is 3.82. The number of ketones is 1. The Morgan fingerprint density at radius 1 is 1.60 bits per heavy atom. The van der Waals surface area contributed by atoms with E-state index in [1.807, 2.05) is 0 Å². The zero-order valence-corrected chi connectivity index (χ0v) is 8.90. The van der Waals surface area contributed by atoms with E-state index in [1.165, 1.54) is 6.92 Å². The molecule has 1 aliphatic heterocycles. The minimum Gasteiger partial charge on any atom is -0.370 e. The van der Waals surface area contributed by atoms with Crippen molar-refractivity contribution in [3.05, 3.63) is 11.7 Å². The average Bonchev–Trinajstić information content (AvgIpc) is 2.86. The molecular formula is C10H14N2O3. The van der Waals surface area contributed by atoms with Crippen LogP contribution in [0.5, 0.6) is 0 Å². The Bertz CT molecular complexity index is 355. The standard InChI is InChI=1S/C10H14N2O3/c1-6(7(2)13)10-11-9(12-15-10)8-4-3-5-14-8/h6,8H,3-5H2,1-2H3. The fourth-order valence-electron chi connectivity index (χ4n) is 1.51. The molecule has 2 atom stereocenters. The Hall–Kier alpha value is -1.23. The Morgan fingerprint density at radius 2 is 2.40 bits per heavy atom. The van der Waals surface area contributed by atoms with Crippen molar-refractivity contribution in [3.63, 3.8) is 0 Å². The maximum Gasteiger partial charge on any atom is 0.237 e. The van der Waals surface area contributed by atoms with E-state index in [0.717, 1.165) is 19.4 Å². The van der Waals surface area contributed by atoms with Crippen LogP contribution in [-0.2, 0) is 9.53 Å². The van der Waals surface area contributed by atoms with Gasteiger partial charge in [-0.15, -0.1) is 0 Å². The van der Waals surface area contributed by atoms with Gasteiger partial charge in [-0.1, -0.05) is 5.16 Å². The van der Waals surface area contributed by atoms with Gasteiger partial charge in [0.2, 0.25) is 11.7 Å². The van der Waals surface area contributed by atoms with Gasteiger partial charge in [0, 0.05) is 6.61 Å². The van der Waals surface area contributed by atoms with Gasteiger partial charge in [-0.3, -0.25) is 4.79 Å². The molecule has 0 aliphatic carbocycles. The number of hydrogen-bond donors (Lipinski definition) is 0. The third-order valence-corrected chi connectivity index (χ3v) is 2.66. The van der Waals surface area contributed by atoms with Gasteiger partial charge < -0.3 is 9.26 Å². The third kappa shape index (κ3) is 2.07. The molecule has 1 aromatic rings. The second kappa shape index (κ2) is 4.10. The summed E-state index contributed by atoms with van der Waals surface area (Å²) >= 11 is 0. The normalized spacial score (nSPS) is 22.9. The van der Waals surface area contributed by atoms with Crippen molar-refractivity contribution in [2.45, 2.75) is 38.7 Å². The molecule has 0 spiro atoms. The van der Waals surface area contributed by atoms with Crippen molar-refractivity contribution < 1.29 is 14.1 Å². The quantitative estimate of drug-likeness (QED) is 0.758. The summed E-state index contributed by atoms with van der Waals surface area (Å²) in [5.74, 6) is 0.647. The first-order valence-electron chi connectivity index (χ1n) is 5.14. The molecule has 0 aromatic carbocycles. The van der Waals surface area contributed by atoms with Crippen LogP contribution in [0, 0.1) is 0 Å². The highest BCUT2D eigenvalue weighted by atomic mass is 16.5. The van der Waals surface area contributed by atoms with Gasteiger partial charge in [-0.25, -0.2) is 0 Å². The number of ether oxygens (including phenoxy) is 1. The molecule has 0 radical (unpaired) electrons. The van der Waals surface area contributed by atoms with E-state index in [0.29, 0.717) is 11.7 Å². The smallest absolute Gasteiger partial charge is 0.237 e. The fraction of sp³-hybridized carbons (Fsp3) is 0.700. The zero-order valence-electron chi connectivity index (χ0n) is 8.90. The summed E-state index contributed by atoms with van der Waals surface area (Å²) < 4.78 is 10.5. The number of aromatic nitrogens is 2. The molecule has 0 amide bonds. The zero-order chi connectivity index (χ0) is 10.8. The minimum absolute atomic E-state index is 0.0255. The topological polar surface area (TPSA) is 65.2 Å². The van der Waals surface area contributed by atoms with E-state index in [2.05, 4.69) is 10.1 Å². The van der Waals surface area contributed by atoms with Gasteiger partial charge in [0.25, 0.3) is 0 Å². The molecule has 5 nitrogen and oxygen atoms in total. The predicted octanol–water partition coefficient (Wildman–Crippen LogP) is 1.61. The predicted molar refractivity (Wildman–Crippen MR) is 51.3 cm³/mol. The van der Waals surface area contributed by atoms with Crippen LogP contribution in [0.2, 0.25) is 0 Å². The first kappa shape index (κ1) is 10.3. The molecule has 2 rings (SSSR count). The molecular weight excluding hydrogens is 196 g/mol. The van der Waals surface area contributed by atoms with Crippen LogP contribution >= 0.6 is 0 Å². The molecule has 1 saturated heterocycles. The van der Waals surface area contributed by atoms with Gasteiger partial charge in [0.15, 0.2) is 0 Å². The van der Waals surface area contributed by atoms with E-state index < -0.39 is 0 Å². The fourth-order valence-corrected chi connectivity index (χ4v) is 1.51. The van der Waals surface area contributed by atoms with E-state index in [-0.39, 0.29) is 17.8 Å². The van der Waals surface area contributed by atoms with E-state index in [9.17, 15) is 4.79 Å². The highest BCUT2D eigenvalue weighted by molar-refractivity contribution is 5.81. The Labute approximate surface area is 87.8 Å². The maximum atomic E-state index is 11.1. The van der Waals surface area contributed by atoms with Gasteiger partial charge in [-0.05, 0) is 26.7 Å². The van der Waals surface area contributed by atoms with E-state index in [4.69, 9.17) is 9.26 Å². The Morgan fingerprint density at radius 3 is 3.00 bits per heavy atom. The van der Waals surface area contributed by atoms with Crippen molar-refractivity contribution in [1.82, 2.24) is 10.1 Å². The molecule has 5 heteroatoms. The van der Waals surface area contributed by atoms with Crippen LogP contribution in [-0.4, -0.2) is 22.5 Å². The van der Waals surface area contributed by atoms with Crippen LogP contribution < -0.4 is 0 Å². The molecule has 2 unspecified atom stereocenters. The third-order valence-electron chi connectivity index (χ3n) is 2.66. The molecule has 15 heavy (non-hydrogen) atoms. The van der Waals surface area contributed by atoms with Crippen molar-refractivity contribution >= 4 is 5.78 Å². The summed E-state index contributed by atoms with van der Waals surface area (Å²) in [5.41, 5.74) is 0. The molecule has 0 saturated carbocycles. The maximum absolute atomic E-state index is 11.1. The number of rotatable bonds is 3. The monoisotopic (exact) mass is 210 g/mol. The summed E-state index contributed by atoms with van der Waals surface area (Å²) in [6.07, 6.45) is 1.89. The lowest BCUT2D eigenvalue weighted by Gasteiger charge is -2.01. The first-order valence-corrected chi connectivity index (χ1v) is 5.14. The van der Waals surface area contributed by atoms with Crippen molar-refractivity contribution in [2.24, 2.45) is 0 Å². The van der Waals surface area contributed by atoms with Crippen LogP contribution in [0.3, 0.4) is 0 Å². The number of carbonyl (C=O) groups is 1. The number of Topliss-reactive ketones (excluding diaryl/α,β-unsaturated/α-hetero) is 1. The SMILES string of the molecule is CC(=O)C(C)c1nc(C2CCCO2)no1. The number of carbonyl (C=O) groups excluding carboxylic acids is 1. The molecule has 2 heterocycles. The van der Waals surface area contributed by atoms with Gasteiger partial charge in [0.05, 0.1) is 5.92 Å². The Balaban J connectivity index is 2.12. The van der Waals surface area contributed by atoms with Crippen LogP contribution in [0.4, 0.5) is 0 Å². The molecule has 0 N–H and O–H groups in total. The van der Waals surface area contributed by atoms with Gasteiger partial charge >= 0.3 is 0 Å². The minimum atomic E-state index is -0.326. The summed E-state index contributed by atoms with van der Waals surface area (Å²) in [6.45, 7) is 4.02. The highest BCUT2D eigenvalue weighted by Gasteiger charge is 2.25. The van der Waals surface area contributed by atoms with Crippen molar-refractivity contribution in [1.29, 1.82) is 0 Å². The van der Waals surface area contributed by atoms with Crippen molar-refractivity contribution in [3.8, 4) is 0 Å². The van der Waals surface area contributed by atoms with Crippen molar-refractivity contribution in [2.75, 3.05) is 6.61 Å². The van der Waals surface area contributed by atoms with E-state index >= 15 is 0 Å². The summed E-state index contributed by atoms with van der Waals surface area (Å²) in [5, 5.41) is 3.84. The van der Waals surface area contributed by atoms with Gasteiger partial charge in [0.1, 0.15) is 11.9 Å². The summed E-state index contributed by atoms with van der Waals surface area (Å²) in [6, 6.07) is 0. The Kier molecular flexibility index (Phi) is 2.81. The largest absolute Gasteiger partial charge is 0.370 e. The van der Waals surface area contributed by atoms with Crippen LogP contribution in [0.15, 0.2) is 4.52 Å². The molecule has 1 aliphatic rings. The van der Waals surface area contributed by atoms with Gasteiger partial charge in [-0.2, -0.15) is 4.98 Å². The lowest BCUT2D eigenvalue weighted by molar-refractivity contribution is -0.118. The average molecular weight is 210 g/mol. The summed E-state index contributed by atoms with van der Waals surface area (Å²) in [7, 11) is 0. The molecule has 82 valence electrons. The van der Waals surface area contributed by atoms with Crippen LogP contribution in [0.25, 0.3) is 0 Å². The highest BCUT2D eigenvalue weighted by Crippen LogP contribution is 2.27. The first-order chi connectivity index (χ1) is 7.18. The van der Waals surface area contributed by atoms with E-state index in [1.54, 1.807) is 6.92 Å². The molecule has 1 aromatic heterocycles. The lowest BCUT2D eigenvalue weighted by atomic mass is 10.1. The lowest BCUT2D eigenvalue weighted by Crippen LogP contribution is -2.05.